The zero-order valence-corrected chi connectivity index (χ0v) is 23.8. The molecule has 1 amide bonds. The molecule has 2 aromatic carbocycles. The van der Waals surface area contributed by atoms with E-state index in [0.717, 1.165) is 55.8 Å². The van der Waals surface area contributed by atoms with Gasteiger partial charge in [0.05, 0.1) is 28.8 Å². The molecule has 1 aromatic heterocycles. The lowest BCUT2D eigenvalue weighted by Crippen LogP contribution is -2.48. The maximum Gasteiger partial charge on any atom is 0.225 e. The number of nitrogens with one attached hydrogen (secondary N) is 1. The van der Waals surface area contributed by atoms with E-state index in [0.29, 0.717) is 42.4 Å². The quantitative estimate of drug-likeness (QED) is 0.343. The van der Waals surface area contributed by atoms with Crippen LogP contribution in [0.2, 0.25) is 5.02 Å². The van der Waals surface area contributed by atoms with Gasteiger partial charge in [0.25, 0.3) is 0 Å². The maximum absolute atomic E-state index is 13.5. The van der Waals surface area contributed by atoms with Crippen molar-refractivity contribution in [3.8, 4) is 17.0 Å². The zero-order valence-electron chi connectivity index (χ0n) is 23.0. The first-order chi connectivity index (χ1) is 19.9. The number of carbonyl (C=O) groups excluding carboxylic acids is 1. The summed E-state index contributed by atoms with van der Waals surface area (Å²) in [4.78, 5) is 22.7. The van der Waals surface area contributed by atoms with E-state index in [1.54, 1.807) is 18.2 Å². The molecule has 41 heavy (non-hydrogen) atoms. The SMILES string of the molecule is O=C(N[C@H](CN1CCCC1)[C@H](O)c1ccc(OC2CC2)c(Cl)c1)[C@@H]1CCN(c2cccc(-c3ccc(F)cc3)n2)C1. The molecular formula is C32H36ClFN4O3. The molecule has 2 aliphatic heterocycles. The second-order valence-electron chi connectivity index (χ2n) is 11.4. The van der Waals surface area contributed by atoms with Gasteiger partial charge in [-0.3, -0.25) is 4.79 Å². The van der Waals surface area contributed by atoms with E-state index in [2.05, 4.69) is 15.1 Å². The molecule has 216 valence electrons. The molecule has 0 radical (unpaired) electrons. The highest BCUT2D eigenvalue weighted by molar-refractivity contribution is 6.32. The van der Waals surface area contributed by atoms with E-state index < -0.39 is 12.1 Å². The molecule has 6 rings (SSSR count). The fourth-order valence-corrected chi connectivity index (χ4v) is 5.96. The standard InChI is InChI=1S/C32H36ClFN4O3/c33-26-18-22(8-13-29(26)41-25-11-12-25)31(39)28(20-37-15-1-2-16-37)36-32(40)23-14-17-38(19-23)30-5-3-4-27(35-30)21-6-9-24(34)10-7-21/h3-10,13,18,23,25,28,31,39H,1-2,11-12,14-17,19-20H2,(H,36,40)/t23-,28-,31-/m1/s1. The van der Waals surface area contributed by atoms with Crippen LogP contribution in [0.15, 0.2) is 60.7 Å². The number of anilines is 1. The summed E-state index contributed by atoms with van der Waals surface area (Å²) in [6.45, 7) is 3.73. The summed E-state index contributed by atoms with van der Waals surface area (Å²) in [5, 5.41) is 15.1. The van der Waals surface area contributed by atoms with Crippen LogP contribution >= 0.6 is 11.6 Å². The smallest absolute Gasteiger partial charge is 0.225 e. The van der Waals surface area contributed by atoms with Crippen molar-refractivity contribution < 1.29 is 19.0 Å². The number of pyridine rings is 1. The molecule has 0 bridgehead atoms. The molecule has 1 aliphatic carbocycles. The summed E-state index contributed by atoms with van der Waals surface area (Å²) in [7, 11) is 0. The van der Waals surface area contributed by atoms with Gasteiger partial charge in [0, 0.05) is 25.2 Å². The first-order valence-electron chi connectivity index (χ1n) is 14.6. The Bertz CT molecular complexity index is 1360. The number of rotatable bonds is 10. The molecule has 9 heteroatoms. The lowest BCUT2D eigenvalue weighted by molar-refractivity contribution is -0.126. The van der Waals surface area contributed by atoms with E-state index >= 15 is 0 Å². The number of aromatic nitrogens is 1. The normalized spacial score (nSPS) is 20.7. The van der Waals surface area contributed by atoms with Gasteiger partial charge in [-0.05, 0) is 99.3 Å². The molecule has 7 nitrogen and oxygen atoms in total. The summed E-state index contributed by atoms with van der Waals surface area (Å²) in [5.74, 6) is 0.851. The van der Waals surface area contributed by atoms with Crippen LogP contribution in [-0.2, 0) is 4.79 Å². The summed E-state index contributed by atoms with van der Waals surface area (Å²) in [6, 6.07) is 17.0. The van der Waals surface area contributed by atoms with Crippen LogP contribution in [0, 0.1) is 11.7 Å². The van der Waals surface area contributed by atoms with Crippen LogP contribution in [0.4, 0.5) is 10.2 Å². The van der Waals surface area contributed by atoms with Gasteiger partial charge in [-0.2, -0.15) is 0 Å². The Morgan fingerprint density at radius 2 is 1.85 bits per heavy atom. The number of aliphatic hydroxyl groups is 1. The lowest BCUT2D eigenvalue weighted by Gasteiger charge is -2.30. The van der Waals surface area contributed by atoms with E-state index in [1.165, 1.54) is 12.1 Å². The Morgan fingerprint density at radius 3 is 2.59 bits per heavy atom. The number of likely N-dealkylation sites (tertiary alicyclic amines) is 1. The van der Waals surface area contributed by atoms with Crippen LogP contribution in [0.1, 0.15) is 43.8 Å². The Hall–Kier alpha value is -3.20. The fraction of sp³-hybridized carbons (Fsp3) is 0.438. The van der Waals surface area contributed by atoms with Gasteiger partial charge >= 0.3 is 0 Å². The third kappa shape index (κ3) is 6.83. The van der Waals surface area contributed by atoms with Crippen LogP contribution < -0.4 is 15.0 Å². The molecular weight excluding hydrogens is 543 g/mol. The molecule has 3 fully saturated rings. The van der Waals surface area contributed by atoms with Gasteiger partial charge in [-0.1, -0.05) is 23.7 Å². The molecule has 2 N–H and O–H groups in total. The summed E-state index contributed by atoms with van der Waals surface area (Å²) >= 11 is 6.50. The predicted molar refractivity (Wildman–Crippen MR) is 158 cm³/mol. The molecule has 3 aliphatic rings. The largest absolute Gasteiger partial charge is 0.489 e. The number of aliphatic hydroxyl groups excluding tert-OH is 1. The van der Waals surface area contributed by atoms with E-state index in [4.69, 9.17) is 21.3 Å². The first kappa shape index (κ1) is 27.9. The summed E-state index contributed by atoms with van der Waals surface area (Å²) in [6.07, 6.45) is 4.35. The maximum atomic E-state index is 13.5. The highest BCUT2D eigenvalue weighted by atomic mass is 35.5. The number of ether oxygens (including phenoxy) is 1. The van der Waals surface area contributed by atoms with Crippen LogP contribution in [-0.4, -0.2) is 65.8 Å². The van der Waals surface area contributed by atoms with E-state index in [9.17, 15) is 14.3 Å². The monoisotopic (exact) mass is 578 g/mol. The minimum absolute atomic E-state index is 0.0646. The first-order valence-corrected chi connectivity index (χ1v) is 15.0. The number of nitrogens with zero attached hydrogens (tertiary/aromatic N) is 3. The molecule has 0 unspecified atom stereocenters. The molecule has 2 saturated heterocycles. The van der Waals surface area contributed by atoms with Crippen molar-refractivity contribution in [2.24, 2.45) is 5.92 Å². The van der Waals surface area contributed by atoms with Crippen LogP contribution in [0.5, 0.6) is 5.75 Å². The van der Waals surface area contributed by atoms with Crippen molar-refractivity contribution in [1.82, 2.24) is 15.2 Å². The number of hydrogen-bond donors (Lipinski definition) is 2. The van der Waals surface area contributed by atoms with Gasteiger partial charge in [-0.15, -0.1) is 0 Å². The molecule has 3 heterocycles. The van der Waals surface area contributed by atoms with Gasteiger partial charge < -0.3 is 25.0 Å². The summed E-state index contributed by atoms with van der Waals surface area (Å²) < 4.78 is 19.2. The average Bonchev–Trinajstić information content (AvgIpc) is 3.42. The van der Waals surface area contributed by atoms with Crippen molar-refractivity contribution in [1.29, 1.82) is 0 Å². The number of halogens is 2. The van der Waals surface area contributed by atoms with Gasteiger partial charge in [0.15, 0.2) is 0 Å². The van der Waals surface area contributed by atoms with Crippen LogP contribution in [0.3, 0.4) is 0 Å². The van der Waals surface area contributed by atoms with Gasteiger partial charge in [0.1, 0.15) is 23.5 Å². The number of carbonyl (C=O) groups is 1. The molecule has 3 atom stereocenters. The van der Waals surface area contributed by atoms with Crippen molar-refractivity contribution in [2.45, 2.75) is 50.4 Å². The Kier molecular flexibility index (Phi) is 8.42. The Morgan fingerprint density at radius 1 is 1.07 bits per heavy atom. The number of hydrogen-bond acceptors (Lipinski definition) is 6. The number of benzene rings is 2. The Balaban J connectivity index is 1.13. The minimum Gasteiger partial charge on any atom is -0.489 e. The zero-order chi connectivity index (χ0) is 28.3. The van der Waals surface area contributed by atoms with Crippen molar-refractivity contribution >= 4 is 23.3 Å². The highest BCUT2D eigenvalue weighted by Gasteiger charge is 2.33. The fourth-order valence-electron chi connectivity index (χ4n) is 5.73. The van der Waals surface area contributed by atoms with Crippen molar-refractivity contribution in [3.63, 3.8) is 0 Å². The molecule has 3 aromatic rings. The highest BCUT2D eigenvalue weighted by Crippen LogP contribution is 2.34. The third-order valence-corrected chi connectivity index (χ3v) is 8.53. The Labute approximate surface area is 245 Å². The van der Waals surface area contributed by atoms with Gasteiger partial charge in [0.2, 0.25) is 5.91 Å². The minimum atomic E-state index is -0.904. The second kappa shape index (κ2) is 12.3. The summed E-state index contributed by atoms with van der Waals surface area (Å²) in [5.41, 5.74) is 2.27. The second-order valence-corrected chi connectivity index (χ2v) is 11.8. The third-order valence-electron chi connectivity index (χ3n) is 8.24. The van der Waals surface area contributed by atoms with Crippen LogP contribution in [0.25, 0.3) is 11.3 Å². The average molecular weight is 579 g/mol. The molecule has 0 spiro atoms. The topological polar surface area (TPSA) is 77.9 Å². The predicted octanol–water partition coefficient (Wildman–Crippen LogP) is 5.22. The lowest BCUT2D eigenvalue weighted by atomic mass is 10.00. The van der Waals surface area contributed by atoms with Crippen molar-refractivity contribution in [2.75, 3.05) is 37.6 Å². The number of amides is 1. The van der Waals surface area contributed by atoms with E-state index in [1.807, 2.05) is 30.3 Å². The molecule has 1 saturated carbocycles. The van der Waals surface area contributed by atoms with Gasteiger partial charge in [-0.25, -0.2) is 9.37 Å². The van der Waals surface area contributed by atoms with E-state index in [-0.39, 0.29) is 23.7 Å². The van der Waals surface area contributed by atoms with Crippen molar-refractivity contribution in [3.05, 3.63) is 77.1 Å².